The van der Waals surface area contributed by atoms with E-state index in [2.05, 4.69) is 30.9 Å². The topological polar surface area (TPSA) is 258 Å². The van der Waals surface area contributed by atoms with Crippen LogP contribution in [-0.2, 0) is 36.8 Å². The summed E-state index contributed by atoms with van der Waals surface area (Å²) in [5, 5.41) is 27.1. The number of aromatic amines is 2. The van der Waals surface area contributed by atoms with Gasteiger partial charge in [-0.2, -0.15) is 0 Å². The molecule has 0 bridgehead atoms. The number of hydrogen-bond acceptors (Lipinski definition) is 8. The van der Waals surface area contributed by atoms with Gasteiger partial charge in [0.05, 0.1) is 18.8 Å². The fourth-order valence-electron chi connectivity index (χ4n) is 4.42. The molecule has 1 aromatic carbocycles. The number of benzene rings is 1. The Morgan fingerprint density at radius 3 is 2.24 bits per heavy atom. The number of nitrogens with one attached hydrogen (secondary N) is 5. The summed E-state index contributed by atoms with van der Waals surface area (Å²) in [4.78, 5) is 72.1. The molecular weight excluding hydrogens is 548 g/mol. The monoisotopic (exact) mass is 584 g/mol. The van der Waals surface area contributed by atoms with Gasteiger partial charge in [0.15, 0.2) is 0 Å². The van der Waals surface area contributed by atoms with Crippen molar-refractivity contribution < 1.29 is 34.2 Å². The van der Waals surface area contributed by atoms with E-state index in [9.17, 15) is 34.2 Å². The van der Waals surface area contributed by atoms with Crippen molar-refractivity contribution in [1.29, 1.82) is 0 Å². The Morgan fingerprint density at radius 2 is 1.57 bits per heavy atom. The number of carbonyl (C=O) groups excluding carboxylic acids is 3. The number of nitrogens with zero attached hydrogens (tertiary/aromatic N) is 1. The number of nitrogens with two attached hydrogens (primary N) is 2. The summed E-state index contributed by atoms with van der Waals surface area (Å²) in [6, 6.07) is 2.32. The van der Waals surface area contributed by atoms with E-state index in [4.69, 9.17) is 11.5 Å². The molecule has 4 atom stereocenters. The Bertz CT molecular complexity index is 1370. The number of fused-ring (bicyclic) bond motifs is 1. The molecule has 0 aliphatic rings. The number of rotatable bonds is 17. The molecule has 0 saturated heterocycles. The van der Waals surface area contributed by atoms with Gasteiger partial charge in [0.2, 0.25) is 17.7 Å². The van der Waals surface area contributed by atoms with Crippen molar-refractivity contribution in [2.45, 2.75) is 62.7 Å². The summed E-state index contributed by atoms with van der Waals surface area (Å²) in [6.45, 7) is 0.347. The quantitative estimate of drug-likeness (QED) is 0.0887. The number of para-hydroxylation sites is 1. The Labute approximate surface area is 240 Å². The van der Waals surface area contributed by atoms with Crippen LogP contribution >= 0.6 is 0 Å². The third-order valence-corrected chi connectivity index (χ3v) is 6.64. The number of unbranched alkanes of at least 4 members (excludes halogenated alkanes) is 1. The SMILES string of the molecule is NCCCCC(NC(=O)C(N)Cc1c[nH]c2ccccc12)C(=O)NC(CC(=O)O)C(=O)NC(Cc1cnc[nH]1)C(=O)O. The van der Waals surface area contributed by atoms with Crippen LogP contribution < -0.4 is 27.4 Å². The summed E-state index contributed by atoms with van der Waals surface area (Å²) < 4.78 is 0. The van der Waals surface area contributed by atoms with Crippen molar-refractivity contribution >= 4 is 40.6 Å². The van der Waals surface area contributed by atoms with Gasteiger partial charge in [-0.3, -0.25) is 19.2 Å². The number of aliphatic carboxylic acids is 2. The molecule has 0 fully saturated rings. The number of aromatic nitrogens is 3. The molecule has 3 rings (SSSR count). The van der Waals surface area contributed by atoms with E-state index in [1.165, 1.54) is 12.5 Å². The lowest BCUT2D eigenvalue weighted by molar-refractivity contribution is -0.143. The second kappa shape index (κ2) is 15.3. The van der Waals surface area contributed by atoms with Crippen molar-refractivity contribution in [3.8, 4) is 0 Å². The number of amides is 3. The maximum Gasteiger partial charge on any atom is 0.326 e. The van der Waals surface area contributed by atoms with Crippen molar-refractivity contribution in [2.75, 3.05) is 6.54 Å². The largest absolute Gasteiger partial charge is 0.481 e. The first-order valence-corrected chi connectivity index (χ1v) is 13.4. The number of imidazole rings is 1. The smallest absolute Gasteiger partial charge is 0.326 e. The van der Waals surface area contributed by atoms with Crippen LogP contribution in [0.4, 0.5) is 0 Å². The minimum absolute atomic E-state index is 0.146. The molecule has 0 saturated carbocycles. The van der Waals surface area contributed by atoms with E-state index in [1.54, 1.807) is 6.20 Å². The minimum Gasteiger partial charge on any atom is -0.481 e. The van der Waals surface area contributed by atoms with Crippen molar-refractivity contribution in [3.63, 3.8) is 0 Å². The van der Waals surface area contributed by atoms with Crippen LogP contribution in [0.5, 0.6) is 0 Å². The highest BCUT2D eigenvalue weighted by atomic mass is 16.4. The highest BCUT2D eigenvalue weighted by Crippen LogP contribution is 2.19. The standard InChI is InChI=1S/C27H36N8O7/c28-8-4-3-7-20(33-24(38)18(29)9-15-12-31-19-6-2-1-5-17(15)19)25(39)34-21(11-23(36)37)26(40)35-22(27(41)42)10-16-13-30-14-32-16/h1-2,5-6,12-14,18,20-22,31H,3-4,7-11,28-29H2,(H,30,32)(H,33,38)(H,34,39)(H,35,40)(H,36,37)(H,41,42). The molecule has 2 aromatic heterocycles. The first-order chi connectivity index (χ1) is 20.1. The van der Waals surface area contributed by atoms with Crippen LogP contribution in [0, 0.1) is 0 Å². The average molecular weight is 585 g/mol. The van der Waals surface area contributed by atoms with Crippen molar-refractivity contribution in [3.05, 3.63) is 54.2 Å². The molecule has 3 aromatic rings. The summed E-state index contributed by atoms with van der Waals surface area (Å²) in [6.07, 6.45) is 4.85. The van der Waals surface area contributed by atoms with Crippen LogP contribution in [0.3, 0.4) is 0 Å². The molecule has 0 radical (unpaired) electrons. The van der Waals surface area contributed by atoms with Gasteiger partial charge >= 0.3 is 11.9 Å². The van der Waals surface area contributed by atoms with Crippen LogP contribution in [-0.4, -0.2) is 85.5 Å². The zero-order chi connectivity index (χ0) is 30.6. The Kier molecular flexibility index (Phi) is 11.6. The molecule has 42 heavy (non-hydrogen) atoms. The lowest BCUT2D eigenvalue weighted by atomic mass is 10.0. The summed E-state index contributed by atoms with van der Waals surface area (Å²) in [5.74, 6) is -5.21. The van der Waals surface area contributed by atoms with Gasteiger partial charge < -0.3 is 47.6 Å². The highest BCUT2D eigenvalue weighted by Gasteiger charge is 2.32. The summed E-state index contributed by atoms with van der Waals surface area (Å²) in [7, 11) is 0. The number of hydrogen-bond donors (Lipinski definition) is 9. The second-order valence-corrected chi connectivity index (χ2v) is 9.86. The lowest BCUT2D eigenvalue weighted by Gasteiger charge is -2.24. The van der Waals surface area contributed by atoms with Crippen LogP contribution in [0.15, 0.2) is 43.0 Å². The first kappa shape index (κ1) is 31.8. The average Bonchev–Trinajstić information content (AvgIpc) is 3.61. The predicted octanol–water partition coefficient (Wildman–Crippen LogP) is -0.854. The molecule has 0 aliphatic carbocycles. The van der Waals surface area contributed by atoms with Crippen molar-refractivity contribution in [1.82, 2.24) is 30.9 Å². The second-order valence-electron chi connectivity index (χ2n) is 9.86. The fraction of sp³-hybridized carbons (Fsp3) is 0.407. The van der Waals surface area contributed by atoms with Gasteiger partial charge in [0, 0.05) is 35.4 Å². The van der Waals surface area contributed by atoms with Crippen LogP contribution in [0.25, 0.3) is 10.9 Å². The maximum absolute atomic E-state index is 13.3. The molecule has 15 heteroatoms. The normalized spacial score (nSPS) is 14.0. The van der Waals surface area contributed by atoms with Crippen LogP contribution in [0.2, 0.25) is 0 Å². The van der Waals surface area contributed by atoms with Gasteiger partial charge in [-0.05, 0) is 43.9 Å². The first-order valence-electron chi connectivity index (χ1n) is 13.4. The third-order valence-electron chi connectivity index (χ3n) is 6.64. The van der Waals surface area contributed by atoms with E-state index in [-0.39, 0.29) is 19.3 Å². The van der Waals surface area contributed by atoms with E-state index >= 15 is 0 Å². The lowest BCUT2D eigenvalue weighted by Crippen LogP contribution is -2.57. The van der Waals surface area contributed by atoms with E-state index < -0.39 is 60.2 Å². The molecule has 4 unspecified atom stereocenters. The molecule has 2 heterocycles. The van der Waals surface area contributed by atoms with Crippen molar-refractivity contribution in [2.24, 2.45) is 11.5 Å². The van der Waals surface area contributed by atoms with Gasteiger partial charge in [0.25, 0.3) is 0 Å². The summed E-state index contributed by atoms with van der Waals surface area (Å²) in [5.41, 5.74) is 13.9. The van der Waals surface area contributed by atoms with E-state index in [0.29, 0.717) is 25.1 Å². The molecular formula is C27H36N8O7. The number of carboxylic acids is 2. The molecule has 0 aliphatic heterocycles. The number of carbonyl (C=O) groups is 5. The van der Waals surface area contributed by atoms with Crippen LogP contribution in [0.1, 0.15) is 36.9 Å². The number of carboxylic acid groups (broad SMARTS) is 2. The Balaban J connectivity index is 1.69. The zero-order valence-electron chi connectivity index (χ0n) is 22.8. The van der Waals surface area contributed by atoms with E-state index in [0.717, 1.165) is 16.5 Å². The van der Waals surface area contributed by atoms with Gasteiger partial charge in [-0.15, -0.1) is 0 Å². The fourth-order valence-corrected chi connectivity index (χ4v) is 4.42. The zero-order valence-corrected chi connectivity index (χ0v) is 22.8. The Hall–Kier alpha value is -4.76. The van der Waals surface area contributed by atoms with E-state index in [1.807, 2.05) is 24.3 Å². The van der Waals surface area contributed by atoms with Gasteiger partial charge in [0.1, 0.15) is 18.1 Å². The molecule has 11 N–H and O–H groups in total. The predicted molar refractivity (Wildman–Crippen MR) is 151 cm³/mol. The molecule has 3 amide bonds. The maximum atomic E-state index is 13.3. The third kappa shape index (κ3) is 9.14. The summed E-state index contributed by atoms with van der Waals surface area (Å²) >= 11 is 0. The molecule has 0 spiro atoms. The number of H-pyrrole nitrogens is 2. The molecule has 15 nitrogen and oxygen atoms in total. The Morgan fingerprint density at radius 1 is 0.881 bits per heavy atom. The highest BCUT2D eigenvalue weighted by molar-refractivity contribution is 5.96. The minimum atomic E-state index is -1.62. The van der Waals surface area contributed by atoms with Gasteiger partial charge in [-0.1, -0.05) is 18.2 Å². The molecule has 226 valence electrons. The van der Waals surface area contributed by atoms with Gasteiger partial charge in [-0.25, -0.2) is 9.78 Å².